The van der Waals surface area contributed by atoms with Crippen molar-refractivity contribution in [1.29, 1.82) is 0 Å². The van der Waals surface area contributed by atoms with Gasteiger partial charge in [0, 0.05) is 23.9 Å². The smallest absolute Gasteiger partial charge is 0.166 e. The molecule has 0 unspecified atom stereocenters. The number of rotatable bonds is 6. The second-order valence-electron chi connectivity index (χ2n) is 4.57. The van der Waals surface area contributed by atoms with E-state index in [1.165, 1.54) is 12.1 Å². The van der Waals surface area contributed by atoms with Crippen LogP contribution in [0.2, 0.25) is 0 Å². The number of aromatic hydroxyl groups is 1. The minimum absolute atomic E-state index is 0.00828. The van der Waals surface area contributed by atoms with Crippen LogP contribution in [0.15, 0.2) is 65.0 Å². The SMILES string of the molecule is CN=C(/C=C\CC(=O)c1ccc(O)cc1)/C=C/c1cccs1. The Bertz CT molecular complexity index is 695. The second-order valence-corrected chi connectivity index (χ2v) is 5.55. The molecule has 112 valence electrons. The van der Waals surface area contributed by atoms with Crippen LogP contribution in [0.4, 0.5) is 0 Å². The topological polar surface area (TPSA) is 49.7 Å². The molecule has 2 aromatic rings. The predicted molar refractivity (Wildman–Crippen MR) is 92.9 cm³/mol. The average Bonchev–Trinajstić information content (AvgIpc) is 3.04. The quantitative estimate of drug-likeness (QED) is 0.636. The number of benzene rings is 1. The van der Waals surface area contributed by atoms with Crippen LogP contribution in [0.5, 0.6) is 5.75 Å². The third-order valence-corrected chi connectivity index (χ3v) is 3.84. The molecule has 0 fully saturated rings. The van der Waals surface area contributed by atoms with Crippen LogP contribution < -0.4 is 0 Å². The van der Waals surface area contributed by atoms with Crippen molar-refractivity contribution in [2.45, 2.75) is 6.42 Å². The molecule has 4 heteroatoms. The van der Waals surface area contributed by atoms with E-state index in [0.717, 1.165) is 10.6 Å². The van der Waals surface area contributed by atoms with E-state index in [0.29, 0.717) is 12.0 Å². The maximum Gasteiger partial charge on any atom is 0.166 e. The molecule has 0 amide bonds. The van der Waals surface area contributed by atoms with Crippen molar-refractivity contribution in [3.05, 3.63) is 70.4 Å². The molecule has 0 aliphatic carbocycles. The number of Topliss-reactive ketones (excluding diaryl/α,β-unsaturated/α-hetero) is 1. The minimum Gasteiger partial charge on any atom is -0.508 e. The number of nitrogens with zero attached hydrogens (tertiary/aromatic N) is 1. The molecule has 2 rings (SSSR count). The van der Waals surface area contributed by atoms with Gasteiger partial charge < -0.3 is 5.11 Å². The van der Waals surface area contributed by atoms with Crippen LogP contribution in [-0.4, -0.2) is 23.6 Å². The monoisotopic (exact) mass is 311 g/mol. The number of hydrogen-bond acceptors (Lipinski definition) is 4. The molecule has 0 spiro atoms. The lowest BCUT2D eigenvalue weighted by Crippen LogP contribution is -1.97. The third-order valence-electron chi connectivity index (χ3n) is 3.00. The van der Waals surface area contributed by atoms with Gasteiger partial charge in [-0.05, 0) is 53.9 Å². The van der Waals surface area contributed by atoms with Crippen molar-refractivity contribution in [3.8, 4) is 5.75 Å². The molecule has 1 aromatic carbocycles. The zero-order valence-corrected chi connectivity index (χ0v) is 13.1. The van der Waals surface area contributed by atoms with E-state index in [9.17, 15) is 9.90 Å². The number of aliphatic imine (C=N–C) groups is 1. The van der Waals surface area contributed by atoms with Crippen LogP contribution in [-0.2, 0) is 0 Å². The first-order chi connectivity index (χ1) is 10.7. The van der Waals surface area contributed by atoms with Crippen LogP contribution in [0, 0.1) is 0 Å². The lowest BCUT2D eigenvalue weighted by molar-refractivity contribution is 0.0996. The van der Waals surface area contributed by atoms with E-state index in [2.05, 4.69) is 4.99 Å². The highest BCUT2D eigenvalue weighted by atomic mass is 32.1. The van der Waals surface area contributed by atoms with Crippen LogP contribution in [0.1, 0.15) is 21.7 Å². The largest absolute Gasteiger partial charge is 0.508 e. The van der Waals surface area contributed by atoms with Gasteiger partial charge in [0.25, 0.3) is 0 Å². The Morgan fingerprint density at radius 1 is 1.23 bits per heavy atom. The first-order valence-electron chi connectivity index (χ1n) is 6.86. The molecule has 0 saturated heterocycles. The van der Waals surface area contributed by atoms with Crippen LogP contribution in [0.3, 0.4) is 0 Å². The zero-order chi connectivity index (χ0) is 15.8. The van der Waals surface area contributed by atoms with Crippen molar-refractivity contribution >= 4 is 28.9 Å². The van der Waals surface area contributed by atoms with Crippen molar-refractivity contribution in [1.82, 2.24) is 0 Å². The Kier molecular flexibility index (Phi) is 5.86. The van der Waals surface area contributed by atoms with Gasteiger partial charge in [0.15, 0.2) is 5.78 Å². The van der Waals surface area contributed by atoms with Gasteiger partial charge in [-0.15, -0.1) is 11.3 Å². The molecule has 1 heterocycles. The molecule has 1 N–H and O–H groups in total. The van der Waals surface area contributed by atoms with Crippen LogP contribution in [0.25, 0.3) is 6.08 Å². The molecule has 0 radical (unpaired) electrons. The van der Waals surface area contributed by atoms with E-state index in [1.807, 2.05) is 35.7 Å². The summed E-state index contributed by atoms with van der Waals surface area (Å²) < 4.78 is 0. The Hall–Kier alpha value is -2.46. The minimum atomic E-state index is 0.00828. The summed E-state index contributed by atoms with van der Waals surface area (Å²) in [5, 5.41) is 11.2. The molecule has 0 aliphatic rings. The fourth-order valence-electron chi connectivity index (χ4n) is 1.81. The van der Waals surface area contributed by atoms with Crippen LogP contribution >= 0.6 is 11.3 Å². The first kappa shape index (κ1) is 15.9. The van der Waals surface area contributed by atoms with Gasteiger partial charge in [0.1, 0.15) is 5.75 Å². The summed E-state index contributed by atoms with van der Waals surface area (Å²) in [6.07, 6.45) is 7.86. The van der Waals surface area contributed by atoms with Gasteiger partial charge in [-0.25, -0.2) is 0 Å². The summed E-state index contributed by atoms with van der Waals surface area (Å²) >= 11 is 1.66. The fraction of sp³-hybridized carbons (Fsp3) is 0.111. The number of thiophene rings is 1. The number of phenolic OH excluding ortho intramolecular Hbond substituents is 1. The Balaban J connectivity index is 1.92. The lowest BCUT2D eigenvalue weighted by Gasteiger charge is -1.98. The summed E-state index contributed by atoms with van der Waals surface area (Å²) in [6, 6.07) is 10.3. The molecule has 3 nitrogen and oxygen atoms in total. The second kappa shape index (κ2) is 8.10. The number of ketones is 1. The highest BCUT2D eigenvalue weighted by molar-refractivity contribution is 7.10. The zero-order valence-electron chi connectivity index (χ0n) is 12.3. The maximum atomic E-state index is 12.0. The van der Waals surface area contributed by atoms with Gasteiger partial charge in [-0.1, -0.05) is 12.1 Å². The van der Waals surface area contributed by atoms with Gasteiger partial charge >= 0.3 is 0 Å². The van der Waals surface area contributed by atoms with E-state index < -0.39 is 0 Å². The first-order valence-corrected chi connectivity index (χ1v) is 7.74. The van der Waals surface area contributed by atoms with E-state index in [1.54, 1.807) is 36.6 Å². The number of carbonyl (C=O) groups excluding carboxylic acids is 1. The summed E-state index contributed by atoms with van der Waals surface area (Å²) in [7, 11) is 1.72. The number of phenols is 1. The third kappa shape index (κ3) is 4.82. The Morgan fingerprint density at radius 2 is 2.00 bits per heavy atom. The average molecular weight is 311 g/mol. The summed E-state index contributed by atoms with van der Waals surface area (Å²) in [4.78, 5) is 17.3. The summed E-state index contributed by atoms with van der Waals surface area (Å²) in [5.74, 6) is 0.167. The number of hydrogen-bond donors (Lipinski definition) is 1. The van der Waals surface area contributed by atoms with Gasteiger partial charge in [-0.2, -0.15) is 0 Å². The van der Waals surface area contributed by atoms with Gasteiger partial charge in [-0.3, -0.25) is 9.79 Å². The van der Waals surface area contributed by atoms with E-state index >= 15 is 0 Å². The van der Waals surface area contributed by atoms with Crippen molar-refractivity contribution in [3.63, 3.8) is 0 Å². The molecule has 0 saturated carbocycles. The highest BCUT2D eigenvalue weighted by Gasteiger charge is 2.03. The van der Waals surface area contributed by atoms with Crippen molar-refractivity contribution in [2.75, 3.05) is 7.05 Å². The van der Waals surface area contributed by atoms with E-state index in [-0.39, 0.29) is 11.5 Å². The molecule has 22 heavy (non-hydrogen) atoms. The maximum absolute atomic E-state index is 12.0. The van der Waals surface area contributed by atoms with Gasteiger partial charge in [0.05, 0.1) is 5.71 Å². The predicted octanol–water partition coefficient (Wildman–Crippen LogP) is 4.37. The lowest BCUT2D eigenvalue weighted by atomic mass is 10.1. The Labute approximate surface area is 134 Å². The normalized spacial score (nSPS) is 12.3. The fourth-order valence-corrected chi connectivity index (χ4v) is 2.43. The van der Waals surface area contributed by atoms with Crippen molar-refractivity contribution < 1.29 is 9.90 Å². The number of carbonyl (C=O) groups is 1. The highest BCUT2D eigenvalue weighted by Crippen LogP contribution is 2.12. The Morgan fingerprint density at radius 3 is 2.64 bits per heavy atom. The molecule has 1 aromatic heterocycles. The van der Waals surface area contributed by atoms with Gasteiger partial charge in [0.2, 0.25) is 0 Å². The summed E-state index contributed by atoms with van der Waals surface area (Å²) in [6.45, 7) is 0. The molecule has 0 aliphatic heterocycles. The summed E-state index contributed by atoms with van der Waals surface area (Å²) in [5.41, 5.74) is 1.40. The molecular weight excluding hydrogens is 294 g/mol. The molecule has 0 atom stereocenters. The molecule has 0 bridgehead atoms. The van der Waals surface area contributed by atoms with Crippen molar-refractivity contribution in [2.24, 2.45) is 4.99 Å². The molecular formula is C18H17NO2S. The van der Waals surface area contributed by atoms with E-state index in [4.69, 9.17) is 0 Å². The number of allylic oxidation sites excluding steroid dienone is 3. The standard InChI is InChI=1S/C18H17NO2S/c1-19-15(9-12-17-5-3-13-22-17)4-2-6-18(21)14-7-10-16(20)11-8-14/h2-5,7-13,20H,6H2,1H3/b4-2-,12-9+,19-15?.